The fourth-order valence-corrected chi connectivity index (χ4v) is 1.93. The third-order valence-corrected chi connectivity index (χ3v) is 2.98. The van der Waals surface area contributed by atoms with Gasteiger partial charge in [0.2, 0.25) is 0 Å². The van der Waals surface area contributed by atoms with E-state index in [0.717, 1.165) is 6.42 Å². The third-order valence-electron chi connectivity index (χ3n) is 2.98. The van der Waals surface area contributed by atoms with Crippen LogP contribution in [0.3, 0.4) is 0 Å². The molecule has 11 heavy (non-hydrogen) atoms. The van der Waals surface area contributed by atoms with E-state index in [1.165, 1.54) is 32.1 Å². The third kappa shape index (κ3) is 2.17. The second-order valence-corrected chi connectivity index (χ2v) is 3.80. The second-order valence-electron chi connectivity index (χ2n) is 3.80. The van der Waals surface area contributed by atoms with Crippen LogP contribution in [0.15, 0.2) is 0 Å². The molecule has 66 valence electrons. The lowest BCUT2D eigenvalue weighted by Crippen LogP contribution is -2.55. The molecule has 0 aliphatic heterocycles. The minimum absolute atomic E-state index is 0.388. The number of hydrogen-bond donors (Lipinski definition) is 2. The van der Waals surface area contributed by atoms with Gasteiger partial charge in [0.15, 0.2) is 0 Å². The van der Waals surface area contributed by atoms with Crippen molar-refractivity contribution in [1.82, 2.24) is 0 Å². The molecular formula is C9H20N2. The van der Waals surface area contributed by atoms with E-state index in [-0.39, 0.29) is 5.66 Å². The van der Waals surface area contributed by atoms with Gasteiger partial charge in [0, 0.05) is 0 Å². The molecule has 1 aliphatic carbocycles. The van der Waals surface area contributed by atoms with Crippen LogP contribution in [-0.4, -0.2) is 5.66 Å². The van der Waals surface area contributed by atoms with Gasteiger partial charge in [0.25, 0.3) is 0 Å². The fraction of sp³-hybridized carbons (Fsp3) is 1.00. The van der Waals surface area contributed by atoms with Gasteiger partial charge in [-0.3, -0.25) is 0 Å². The van der Waals surface area contributed by atoms with E-state index in [1.807, 2.05) is 0 Å². The van der Waals surface area contributed by atoms with Gasteiger partial charge >= 0.3 is 0 Å². The van der Waals surface area contributed by atoms with Gasteiger partial charge in [-0.2, -0.15) is 0 Å². The molecule has 0 atom stereocenters. The highest BCUT2D eigenvalue weighted by Gasteiger charge is 2.29. The Hall–Kier alpha value is -0.0800. The Labute approximate surface area is 69.3 Å². The number of nitrogens with two attached hydrogens (primary N) is 2. The van der Waals surface area contributed by atoms with Crippen LogP contribution in [0.4, 0.5) is 0 Å². The Morgan fingerprint density at radius 1 is 1.18 bits per heavy atom. The van der Waals surface area contributed by atoms with Gasteiger partial charge in [-0.15, -0.1) is 0 Å². The summed E-state index contributed by atoms with van der Waals surface area (Å²) in [7, 11) is 0. The van der Waals surface area contributed by atoms with Gasteiger partial charge < -0.3 is 11.5 Å². The van der Waals surface area contributed by atoms with E-state index in [2.05, 4.69) is 6.92 Å². The summed E-state index contributed by atoms with van der Waals surface area (Å²) in [5, 5.41) is 0. The predicted octanol–water partition coefficient (Wildman–Crippen LogP) is 1.59. The van der Waals surface area contributed by atoms with E-state index in [0.29, 0.717) is 5.92 Å². The van der Waals surface area contributed by atoms with Crippen LogP contribution in [0.25, 0.3) is 0 Å². The SMILES string of the molecule is CCC(N)(N)C1CCCCC1. The van der Waals surface area contributed by atoms with Crippen molar-refractivity contribution in [2.24, 2.45) is 17.4 Å². The zero-order chi connectivity index (χ0) is 8.32. The zero-order valence-corrected chi connectivity index (χ0v) is 7.47. The van der Waals surface area contributed by atoms with Crippen molar-refractivity contribution < 1.29 is 0 Å². The quantitative estimate of drug-likeness (QED) is 0.596. The van der Waals surface area contributed by atoms with E-state index >= 15 is 0 Å². The van der Waals surface area contributed by atoms with Crippen LogP contribution in [0.1, 0.15) is 45.4 Å². The summed E-state index contributed by atoms with van der Waals surface area (Å²) in [4.78, 5) is 0. The van der Waals surface area contributed by atoms with E-state index in [9.17, 15) is 0 Å². The summed E-state index contributed by atoms with van der Waals surface area (Å²) in [6.45, 7) is 2.08. The van der Waals surface area contributed by atoms with Crippen LogP contribution in [0, 0.1) is 5.92 Å². The summed E-state index contributed by atoms with van der Waals surface area (Å²) >= 11 is 0. The van der Waals surface area contributed by atoms with Gasteiger partial charge in [0.1, 0.15) is 0 Å². The molecule has 2 heteroatoms. The fourth-order valence-electron chi connectivity index (χ4n) is 1.93. The summed E-state index contributed by atoms with van der Waals surface area (Å²) < 4.78 is 0. The Morgan fingerprint density at radius 3 is 2.18 bits per heavy atom. The van der Waals surface area contributed by atoms with E-state index in [4.69, 9.17) is 11.5 Å². The van der Waals surface area contributed by atoms with Gasteiger partial charge in [-0.05, 0) is 25.2 Å². The average Bonchev–Trinajstić information content (AvgIpc) is 2.06. The van der Waals surface area contributed by atoms with Gasteiger partial charge in [0.05, 0.1) is 5.66 Å². The molecule has 0 heterocycles. The molecule has 0 aromatic carbocycles. The Kier molecular flexibility index (Phi) is 2.90. The molecule has 1 aliphatic rings. The second kappa shape index (κ2) is 3.55. The first-order valence-corrected chi connectivity index (χ1v) is 4.74. The maximum atomic E-state index is 5.97. The topological polar surface area (TPSA) is 52.0 Å². The lowest BCUT2D eigenvalue weighted by atomic mass is 9.79. The highest BCUT2D eigenvalue weighted by atomic mass is 15.0. The van der Waals surface area contributed by atoms with Crippen LogP contribution < -0.4 is 11.5 Å². The lowest BCUT2D eigenvalue weighted by molar-refractivity contribution is 0.205. The van der Waals surface area contributed by atoms with Crippen molar-refractivity contribution >= 4 is 0 Å². The first-order valence-electron chi connectivity index (χ1n) is 4.74. The maximum absolute atomic E-state index is 5.97. The molecule has 0 aromatic heterocycles. The molecule has 0 radical (unpaired) electrons. The lowest BCUT2D eigenvalue weighted by Gasteiger charge is -2.35. The first-order chi connectivity index (χ1) is 5.17. The highest BCUT2D eigenvalue weighted by Crippen LogP contribution is 2.29. The van der Waals surface area contributed by atoms with Gasteiger partial charge in [-0.1, -0.05) is 26.2 Å². The molecule has 0 aromatic rings. The molecule has 1 rings (SSSR count). The minimum Gasteiger partial charge on any atom is -0.313 e. The molecule has 1 fully saturated rings. The van der Waals surface area contributed by atoms with Crippen molar-refractivity contribution in [2.45, 2.75) is 51.1 Å². The smallest absolute Gasteiger partial charge is 0.0662 e. The summed E-state index contributed by atoms with van der Waals surface area (Å²) in [5.74, 6) is 0.571. The van der Waals surface area contributed by atoms with Crippen molar-refractivity contribution in [1.29, 1.82) is 0 Å². The molecule has 0 spiro atoms. The molecule has 0 saturated heterocycles. The molecule has 0 bridgehead atoms. The van der Waals surface area contributed by atoms with E-state index in [1.54, 1.807) is 0 Å². The molecule has 4 N–H and O–H groups in total. The van der Waals surface area contributed by atoms with Crippen molar-refractivity contribution in [2.75, 3.05) is 0 Å². The maximum Gasteiger partial charge on any atom is 0.0662 e. The first kappa shape index (κ1) is 9.01. The summed E-state index contributed by atoms with van der Waals surface area (Å²) in [6.07, 6.45) is 7.39. The molecule has 0 amide bonds. The largest absolute Gasteiger partial charge is 0.313 e. The molecular weight excluding hydrogens is 136 g/mol. The van der Waals surface area contributed by atoms with Gasteiger partial charge in [-0.25, -0.2) is 0 Å². The molecule has 0 unspecified atom stereocenters. The van der Waals surface area contributed by atoms with Crippen LogP contribution in [0.5, 0.6) is 0 Å². The number of hydrogen-bond acceptors (Lipinski definition) is 2. The van der Waals surface area contributed by atoms with Crippen LogP contribution in [-0.2, 0) is 0 Å². The predicted molar refractivity (Wildman–Crippen MR) is 48.0 cm³/mol. The Balaban J connectivity index is 2.43. The minimum atomic E-state index is -0.388. The average molecular weight is 156 g/mol. The molecule has 1 saturated carbocycles. The zero-order valence-electron chi connectivity index (χ0n) is 7.47. The number of rotatable bonds is 2. The highest BCUT2D eigenvalue weighted by molar-refractivity contribution is 4.85. The van der Waals surface area contributed by atoms with Crippen LogP contribution in [0.2, 0.25) is 0 Å². The normalized spacial score (nSPS) is 22.1. The van der Waals surface area contributed by atoms with Crippen molar-refractivity contribution in [3.8, 4) is 0 Å². The monoisotopic (exact) mass is 156 g/mol. The standard InChI is InChI=1S/C9H20N2/c1-2-9(10,11)8-6-4-3-5-7-8/h8H,2-7,10-11H2,1H3. The summed E-state index contributed by atoms with van der Waals surface area (Å²) in [6, 6.07) is 0. The Morgan fingerprint density at radius 2 is 1.73 bits per heavy atom. The summed E-state index contributed by atoms with van der Waals surface area (Å²) in [5.41, 5.74) is 11.5. The van der Waals surface area contributed by atoms with Crippen molar-refractivity contribution in [3.63, 3.8) is 0 Å². The Bertz CT molecular complexity index is 115. The van der Waals surface area contributed by atoms with E-state index < -0.39 is 0 Å². The molecule has 2 nitrogen and oxygen atoms in total. The van der Waals surface area contributed by atoms with Crippen molar-refractivity contribution in [3.05, 3.63) is 0 Å². The van der Waals surface area contributed by atoms with Crippen LogP contribution >= 0.6 is 0 Å².